The molecule has 2 rings (SSSR count). The molecule has 0 radical (unpaired) electrons. The van der Waals surface area contributed by atoms with Crippen molar-refractivity contribution in [3.63, 3.8) is 0 Å². The summed E-state index contributed by atoms with van der Waals surface area (Å²) in [6.45, 7) is 11.4. The molecule has 2 atom stereocenters. The summed E-state index contributed by atoms with van der Waals surface area (Å²) in [5, 5.41) is 5.33. The minimum atomic E-state index is -0.953. The summed E-state index contributed by atoms with van der Waals surface area (Å²) in [5.41, 5.74) is -0.517. The van der Waals surface area contributed by atoms with Crippen molar-refractivity contribution in [1.82, 2.24) is 20.4 Å². The third-order valence-corrected chi connectivity index (χ3v) is 7.31. The Bertz CT molecular complexity index is 865. The summed E-state index contributed by atoms with van der Waals surface area (Å²) in [5.74, 6) is -1.13. The van der Waals surface area contributed by atoms with Crippen LogP contribution in [0, 0.1) is 11.8 Å². The Morgan fingerprint density at radius 1 is 0.975 bits per heavy atom. The van der Waals surface area contributed by atoms with Gasteiger partial charge in [-0.1, -0.05) is 19.8 Å². The Morgan fingerprint density at radius 2 is 1.68 bits per heavy atom. The molecule has 0 spiro atoms. The second-order valence-electron chi connectivity index (χ2n) is 12.0. The summed E-state index contributed by atoms with van der Waals surface area (Å²) < 4.78 is 10.7. The highest BCUT2D eigenvalue weighted by Gasteiger charge is 2.31. The van der Waals surface area contributed by atoms with Crippen molar-refractivity contribution in [1.29, 1.82) is 0 Å². The van der Waals surface area contributed by atoms with Crippen LogP contribution in [0.1, 0.15) is 92.4 Å². The summed E-state index contributed by atoms with van der Waals surface area (Å²) >= 11 is 0. The lowest BCUT2D eigenvalue weighted by Gasteiger charge is -2.34. The number of ether oxygens (including phenoxy) is 2. The van der Waals surface area contributed by atoms with Crippen LogP contribution in [-0.4, -0.2) is 90.6 Å². The number of unbranched alkanes of at least 4 members (excludes halogenated alkanes) is 2. The number of carbonyl (C=O) groups excluding carboxylic acids is 5. The molecule has 0 bridgehead atoms. The average Bonchev–Trinajstić information content (AvgIpc) is 2.91. The van der Waals surface area contributed by atoms with Crippen LogP contribution in [0.3, 0.4) is 0 Å². The molecule has 228 valence electrons. The summed E-state index contributed by atoms with van der Waals surface area (Å²) in [7, 11) is 0. The molecule has 0 aromatic carbocycles. The van der Waals surface area contributed by atoms with E-state index in [1.807, 2.05) is 20.8 Å². The van der Waals surface area contributed by atoms with Crippen LogP contribution in [0.4, 0.5) is 4.79 Å². The van der Waals surface area contributed by atoms with Crippen molar-refractivity contribution in [2.75, 3.05) is 39.3 Å². The third-order valence-electron chi connectivity index (χ3n) is 7.31. The number of amides is 4. The fourth-order valence-corrected chi connectivity index (χ4v) is 5.05. The van der Waals surface area contributed by atoms with Gasteiger partial charge < -0.3 is 29.9 Å². The SMILES string of the molecule is CCCCCOC(=O)C(CNC(=O)[C@@H]1CCCN(C(=O)CCC2CCN(C(=O)OC(C)(C)C)CC2)C1)NC(C)=O. The molecular formula is C29H50N4O7. The molecule has 0 saturated carbocycles. The zero-order valence-electron chi connectivity index (χ0n) is 25.1. The van der Waals surface area contributed by atoms with Crippen LogP contribution in [0.5, 0.6) is 0 Å². The number of carbonyl (C=O) groups is 5. The van der Waals surface area contributed by atoms with Crippen molar-refractivity contribution in [2.24, 2.45) is 11.8 Å². The van der Waals surface area contributed by atoms with E-state index in [1.165, 1.54) is 6.92 Å². The number of esters is 1. The van der Waals surface area contributed by atoms with Gasteiger partial charge in [-0.05, 0) is 65.2 Å². The molecule has 2 heterocycles. The first-order chi connectivity index (χ1) is 18.9. The Labute approximate surface area is 239 Å². The molecule has 0 aromatic rings. The molecule has 1 unspecified atom stereocenters. The molecule has 2 fully saturated rings. The van der Waals surface area contributed by atoms with Crippen LogP contribution >= 0.6 is 0 Å². The van der Waals surface area contributed by atoms with Crippen molar-refractivity contribution >= 4 is 29.8 Å². The van der Waals surface area contributed by atoms with E-state index in [4.69, 9.17) is 9.47 Å². The Balaban J connectivity index is 1.76. The van der Waals surface area contributed by atoms with Gasteiger partial charge in [0, 0.05) is 46.1 Å². The lowest BCUT2D eigenvalue weighted by Crippen LogP contribution is -2.51. The second kappa shape index (κ2) is 16.4. The standard InChI is InChI=1S/C29H50N4O7/c1-6-7-8-18-39-27(37)24(31-21(2)34)19-30-26(36)23-10-9-15-33(20-23)25(35)12-11-22-13-16-32(17-14-22)28(38)40-29(3,4)5/h22-24H,6-20H2,1-5H3,(H,30,36)(H,31,34)/t23-,24?/m1/s1. The maximum atomic E-state index is 13.0. The molecule has 2 aliphatic heterocycles. The molecule has 11 nitrogen and oxygen atoms in total. The van der Waals surface area contributed by atoms with Crippen molar-refractivity contribution < 1.29 is 33.4 Å². The fourth-order valence-electron chi connectivity index (χ4n) is 5.05. The molecule has 2 N–H and O–H groups in total. The number of hydrogen-bond acceptors (Lipinski definition) is 7. The number of piperidine rings is 2. The van der Waals surface area contributed by atoms with Crippen LogP contribution in [0.15, 0.2) is 0 Å². The van der Waals surface area contributed by atoms with Gasteiger partial charge in [0.15, 0.2) is 0 Å². The maximum absolute atomic E-state index is 13.0. The van der Waals surface area contributed by atoms with E-state index < -0.39 is 17.6 Å². The van der Waals surface area contributed by atoms with Gasteiger partial charge >= 0.3 is 12.1 Å². The predicted octanol–water partition coefficient (Wildman–Crippen LogP) is 3.01. The van der Waals surface area contributed by atoms with E-state index in [0.717, 1.165) is 44.9 Å². The highest BCUT2D eigenvalue weighted by Crippen LogP contribution is 2.25. The highest BCUT2D eigenvalue weighted by atomic mass is 16.6. The molecule has 2 aliphatic rings. The lowest BCUT2D eigenvalue weighted by molar-refractivity contribution is -0.147. The topological polar surface area (TPSA) is 134 Å². The van der Waals surface area contributed by atoms with E-state index in [2.05, 4.69) is 17.6 Å². The summed E-state index contributed by atoms with van der Waals surface area (Å²) in [4.78, 5) is 65.6. The van der Waals surface area contributed by atoms with Gasteiger partial charge in [-0.3, -0.25) is 14.4 Å². The van der Waals surface area contributed by atoms with Crippen molar-refractivity contribution in [3.05, 3.63) is 0 Å². The molecule has 0 aliphatic carbocycles. The van der Waals surface area contributed by atoms with E-state index in [1.54, 1.807) is 9.80 Å². The summed E-state index contributed by atoms with van der Waals surface area (Å²) in [6, 6.07) is -0.953. The largest absolute Gasteiger partial charge is 0.464 e. The third kappa shape index (κ3) is 12.1. The van der Waals surface area contributed by atoms with Crippen LogP contribution in [-0.2, 0) is 28.7 Å². The normalized spacial score (nSPS) is 19.0. The zero-order valence-corrected chi connectivity index (χ0v) is 25.1. The van der Waals surface area contributed by atoms with Crippen LogP contribution in [0.2, 0.25) is 0 Å². The molecule has 11 heteroatoms. The number of likely N-dealkylation sites (tertiary alicyclic amines) is 2. The number of nitrogens with zero attached hydrogens (tertiary/aromatic N) is 2. The van der Waals surface area contributed by atoms with Crippen molar-refractivity contribution in [2.45, 2.75) is 104 Å². The average molecular weight is 567 g/mol. The Morgan fingerprint density at radius 3 is 2.30 bits per heavy atom. The molecule has 2 saturated heterocycles. The second-order valence-corrected chi connectivity index (χ2v) is 12.0. The zero-order chi connectivity index (χ0) is 29.7. The number of rotatable bonds is 12. The highest BCUT2D eigenvalue weighted by molar-refractivity contribution is 5.85. The van der Waals surface area contributed by atoms with Gasteiger partial charge in [-0.15, -0.1) is 0 Å². The molecule has 0 aromatic heterocycles. The quantitative estimate of drug-likeness (QED) is 0.274. The molecular weight excluding hydrogens is 516 g/mol. The van der Waals surface area contributed by atoms with Gasteiger partial charge in [0.25, 0.3) is 0 Å². The van der Waals surface area contributed by atoms with Crippen LogP contribution in [0.25, 0.3) is 0 Å². The smallest absolute Gasteiger partial charge is 0.410 e. The minimum Gasteiger partial charge on any atom is -0.464 e. The first-order valence-corrected chi connectivity index (χ1v) is 14.9. The number of hydrogen-bond donors (Lipinski definition) is 2. The molecule has 4 amide bonds. The summed E-state index contributed by atoms with van der Waals surface area (Å²) in [6.07, 6.45) is 6.65. The molecule has 40 heavy (non-hydrogen) atoms. The van der Waals surface area contributed by atoms with E-state index in [-0.39, 0.29) is 42.9 Å². The van der Waals surface area contributed by atoms with Gasteiger partial charge in [0.05, 0.1) is 12.5 Å². The van der Waals surface area contributed by atoms with E-state index >= 15 is 0 Å². The first kappa shape index (κ1) is 33.4. The Hall–Kier alpha value is -2.85. The van der Waals surface area contributed by atoms with E-state index in [0.29, 0.717) is 44.9 Å². The maximum Gasteiger partial charge on any atom is 0.410 e. The van der Waals surface area contributed by atoms with Gasteiger partial charge in [0.2, 0.25) is 17.7 Å². The lowest BCUT2D eigenvalue weighted by atomic mass is 9.91. The monoisotopic (exact) mass is 566 g/mol. The minimum absolute atomic E-state index is 0.0406. The van der Waals surface area contributed by atoms with Gasteiger partial charge in [-0.25, -0.2) is 9.59 Å². The first-order valence-electron chi connectivity index (χ1n) is 14.9. The van der Waals surface area contributed by atoms with Crippen LogP contribution < -0.4 is 10.6 Å². The van der Waals surface area contributed by atoms with Crippen molar-refractivity contribution in [3.8, 4) is 0 Å². The fraction of sp³-hybridized carbons (Fsp3) is 0.828. The Kier molecular flexibility index (Phi) is 13.7. The number of nitrogens with one attached hydrogen (secondary N) is 2. The van der Waals surface area contributed by atoms with Gasteiger partial charge in [0.1, 0.15) is 11.6 Å². The predicted molar refractivity (Wildman–Crippen MR) is 150 cm³/mol. The van der Waals surface area contributed by atoms with E-state index in [9.17, 15) is 24.0 Å². The van der Waals surface area contributed by atoms with Gasteiger partial charge in [-0.2, -0.15) is 0 Å².